The van der Waals surface area contributed by atoms with Crippen molar-refractivity contribution in [3.8, 4) is 22.4 Å². The van der Waals surface area contributed by atoms with Gasteiger partial charge in [-0.05, 0) is 54.6 Å². The van der Waals surface area contributed by atoms with Crippen molar-refractivity contribution < 1.29 is 8.68 Å². The number of benzene rings is 2. The van der Waals surface area contributed by atoms with Crippen LogP contribution in [-0.2, 0) is 7.05 Å². The highest BCUT2D eigenvalue weighted by Crippen LogP contribution is 2.29. The lowest BCUT2D eigenvalue weighted by atomic mass is 9.95. The third kappa shape index (κ3) is 2.67. The van der Waals surface area contributed by atoms with Crippen molar-refractivity contribution >= 4 is 0 Å². The first-order valence-electron chi connectivity index (χ1n) is 8.94. The number of aromatic nitrogens is 1. The van der Waals surface area contributed by atoms with Gasteiger partial charge in [0.15, 0.2) is 6.20 Å². The molecule has 0 aliphatic carbocycles. The highest BCUT2D eigenvalue weighted by atomic mass is 14.9. The molecule has 1 heteroatoms. The summed E-state index contributed by atoms with van der Waals surface area (Å²) in [5.41, 5.74) is 6.66. The van der Waals surface area contributed by atoms with Gasteiger partial charge in [0.05, 0.1) is 0 Å². The molecule has 1 aromatic heterocycles. The fourth-order valence-corrected chi connectivity index (χ4v) is 2.74. The quantitative estimate of drug-likeness (QED) is 0.599. The zero-order chi connectivity index (χ0) is 18.2. The second-order valence-corrected chi connectivity index (χ2v) is 5.78. The molecule has 3 rings (SSSR count). The maximum absolute atomic E-state index is 7.81. The first-order chi connectivity index (χ1) is 11.8. The zero-order valence-electron chi connectivity index (χ0n) is 16.2. The van der Waals surface area contributed by atoms with Crippen molar-refractivity contribution in [2.24, 2.45) is 7.05 Å². The SMILES string of the molecule is [2H]C([2H])([2H])c1ccccc1-c1ccc(C)c(-c2cc(C)cc[n+]2C)c1. The Labute approximate surface area is 137 Å². The molecule has 0 atom stereocenters. The van der Waals surface area contributed by atoms with Crippen LogP contribution < -0.4 is 4.57 Å². The van der Waals surface area contributed by atoms with Gasteiger partial charge in [-0.1, -0.05) is 36.4 Å². The first kappa shape index (κ1) is 11.2. The van der Waals surface area contributed by atoms with Gasteiger partial charge < -0.3 is 0 Å². The summed E-state index contributed by atoms with van der Waals surface area (Å²) in [7, 11) is 2.03. The molecule has 22 heavy (non-hydrogen) atoms. The molecule has 0 fully saturated rings. The Hall–Kier alpha value is -2.41. The van der Waals surface area contributed by atoms with E-state index in [1.165, 1.54) is 5.56 Å². The van der Waals surface area contributed by atoms with E-state index in [1.807, 2.05) is 31.4 Å². The van der Waals surface area contributed by atoms with Crippen molar-refractivity contribution in [2.75, 3.05) is 0 Å². The molecule has 1 nitrogen and oxygen atoms in total. The summed E-state index contributed by atoms with van der Waals surface area (Å²) in [6.07, 6.45) is 2.05. The number of hydrogen-bond acceptors (Lipinski definition) is 0. The van der Waals surface area contributed by atoms with E-state index in [0.717, 1.165) is 27.9 Å². The molecular formula is C21H22N+. The molecule has 1 heterocycles. The molecule has 2 aromatic carbocycles. The van der Waals surface area contributed by atoms with Crippen LogP contribution in [0.25, 0.3) is 22.4 Å². The maximum Gasteiger partial charge on any atom is 0.212 e. The standard InChI is InChI=1S/C21H22N/c1-15-11-12-22(4)21(13-15)20-14-18(10-9-17(20)3)19-8-6-5-7-16(19)2/h5-14H,1-4H3/q+1/i2D3. The Bertz CT molecular complexity index is 927. The molecule has 0 unspecified atom stereocenters. The minimum absolute atomic E-state index is 0.387. The zero-order valence-corrected chi connectivity index (χ0v) is 13.2. The molecule has 0 aliphatic rings. The number of rotatable bonds is 2. The summed E-state index contributed by atoms with van der Waals surface area (Å²) < 4.78 is 25.5. The topological polar surface area (TPSA) is 3.88 Å². The molecule has 0 bridgehead atoms. The van der Waals surface area contributed by atoms with Crippen molar-refractivity contribution in [2.45, 2.75) is 20.7 Å². The van der Waals surface area contributed by atoms with Gasteiger partial charge in [-0.25, -0.2) is 4.57 Å². The van der Waals surface area contributed by atoms with Gasteiger partial charge in [0.25, 0.3) is 0 Å². The van der Waals surface area contributed by atoms with Crippen molar-refractivity contribution in [3.05, 3.63) is 77.5 Å². The normalized spacial score (nSPS) is 13.3. The Kier molecular flexibility index (Phi) is 2.93. The largest absolute Gasteiger partial charge is 0.212 e. The number of pyridine rings is 1. The fraction of sp³-hybridized carbons (Fsp3) is 0.190. The van der Waals surface area contributed by atoms with Crippen LogP contribution in [0.4, 0.5) is 0 Å². The number of aryl methyl sites for hydroxylation is 4. The van der Waals surface area contributed by atoms with Crippen molar-refractivity contribution in [1.29, 1.82) is 0 Å². The van der Waals surface area contributed by atoms with E-state index >= 15 is 0 Å². The van der Waals surface area contributed by atoms with Gasteiger partial charge in [0.1, 0.15) is 7.05 Å². The third-order valence-corrected chi connectivity index (χ3v) is 4.06. The van der Waals surface area contributed by atoms with E-state index in [-0.39, 0.29) is 0 Å². The van der Waals surface area contributed by atoms with Gasteiger partial charge in [-0.15, -0.1) is 0 Å². The van der Waals surface area contributed by atoms with Gasteiger partial charge in [0.2, 0.25) is 5.69 Å². The molecule has 0 N–H and O–H groups in total. The first-order valence-corrected chi connectivity index (χ1v) is 7.44. The van der Waals surface area contributed by atoms with Crippen LogP contribution in [0, 0.1) is 20.7 Å². The highest BCUT2D eigenvalue weighted by molar-refractivity contribution is 5.74. The number of hydrogen-bond donors (Lipinski definition) is 0. The van der Waals surface area contributed by atoms with Crippen LogP contribution in [0.5, 0.6) is 0 Å². The van der Waals surface area contributed by atoms with Gasteiger partial charge in [-0.2, -0.15) is 0 Å². The lowest BCUT2D eigenvalue weighted by Crippen LogP contribution is -2.30. The molecule has 0 amide bonds. The van der Waals surface area contributed by atoms with Crippen molar-refractivity contribution in [1.82, 2.24) is 0 Å². The molecule has 3 aromatic rings. The second kappa shape index (κ2) is 5.76. The molecule has 0 saturated heterocycles. The van der Waals surface area contributed by atoms with Crippen LogP contribution in [0.2, 0.25) is 0 Å². The van der Waals surface area contributed by atoms with E-state index in [4.69, 9.17) is 4.11 Å². The minimum atomic E-state index is -2.13. The summed E-state index contributed by atoms with van der Waals surface area (Å²) >= 11 is 0. The number of nitrogens with zero attached hydrogens (tertiary/aromatic N) is 1. The minimum Gasteiger partial charge on any atom is -0.201 e. The van der Waals surface area contributed by atoms with Crippen LogP contribution in [0.15, 0.2) is 60.8 Å². The van der Waals surface area contributed by atoms with Crippen LogP contribution in [0.1, 0.15) is 20.8 Å². The lowest BCUT2D eigenvalue weighted by molar-refractivity contribution is -0.660. The van der Waals surface area contributed by atoms with Gasteiger partial charge in [-0.3, -0.25) is 0 Å². The van der Waals surface area contributed by atoms with E-state index in [0.29, 0.717) is 5.56 Å². The summed E-state index contributed by atoms with van der Waals surface area (Å²) in [5.74, 6) is 0. The van der Waals surface area contributed by atoms with E-state index in [1.54, 1.807) is 12.1 Å². The Morgan fingerprint density at radius 1 is 0.864 bits per heavy atom. The van der Waals surface area contributed by atoms with E-state index in [2.05, 4.69) is 42.7 Å². The Morgan fingerprint density at radius 2 is 1.68 bits per heavy atom. The van der Waals surface area contributed by atoms with E-state index < -0.39 is 6.85 Å². The fourth-order valence-electron chi connectivity index (χ4n) is 2.74. The summed E-state index contributed by atoms with van der Waals surface area (Å²) in [4.78, 5) is 0. The van der Waals surface area contributed by atoms with Crippen LogP contribution in [-0.4, -0.2) is 0 Å². The van der Waals surface area contributed by atoms with E-state index in [9.17, 15) is 0 Å². The summed E-state index contributed by atoms with van der Waals surface area (Å²) in [6, 6.07) is 17.6. The van der Waals surface area contributed by atoms with Crippen molar-refractivity contribution in [3.63, 3.8) is 0 Å². The molecular weight excluding hydrogens is 266 g/mol. The molecule has 110 valence electrons. The smallest absolute Gasteiger partial charge is 0.201 e. The van der Waals surface area contributed by atoms with Crippen LogP contribution >= 0.6 is 0 Å². The maximum atomic E-state index is 7.81. The third-order valence-electron chi connectivity index (χ3n) is 4.06. The molecule has 0 aliphatic heterocycles. The second-order valence-electron chi connectivity index (χ2n) is 5.78. The lowest BCUT2D eigenvalue weighted by Gasteiger charge is -2.10. The Morgan fingerprint density at radius 3 is 2.50 bits per heavy atom. The van der Waals surface area contributed by atoms with Gasteiger partial charge in [0, 0.05) is 21.8 Å². The predicted molar refractivity (Wildman–Crippen MR) is 92.7 cm³/mol. The molecule has 0 radical (unpaired) electrons. The van der Waals surface area contributed by atoms with Crippen LogP contribution in [0.3, 0.4) is 0 Å². The Balaban J connectivity index is 2.21. The predicted octanol–water partition coefficient (Wildman–Crippen LogP) is 4.77. The van der Waals surface area contributed by atoms with Gasteiger partial charge >= 0.3 is 0 Å². The molecule has 0 spiro atoms. The monoisotopic (exact) mass is 291 g/mol. The average molecular weight is 291 g/mol. The average Bonchev–Trinajstić information content (AvgIpc) is 2.57. The summed E-state index contributed by atoms with van der Waals surface area (Å²) in [6.45, 7) is 2.03. The highest BCUT2D eigenvalue weighted by Gasteiger charge is 2.14. The summed E-state index contributed by atoms with van der Waals surface area (Å²) in [5, 5.41) is 0. The molecule has 0 saturated carbocycles.